The van der Waals surface area contributed by atoms with Gasteiger partial charge in [-0.15, -0.1) is 0 Å². The van der Waals surface area contributed by atoms with Gasteiger partial charge in [-0.2, -0.15) is 0 Å². The fourth-order valence-corrected chi connectivity index (χ4v) is 3.56. The zero-order valence-electron chi connectivity index (χ0n) is 16.1. The van der Waals surface area contributed by atoms with Gasteiger partial charge in [-0.3, -0.25) is 4.90 Å². The molecule has 0 aromatic heterocycles. The van der Waals surface area contributed by atoms with Crippen LogP contribution >= 0.6 is 0 Å². The highest BCUT2D eigenvalue weighted by atomic mass is 16.5. The van der Waals surface area contributed by atoms with Crippen LogP contribution < -0.4 is 19.1 Å². The number of nitrogens with zero attached hydrogens (tertiary/aromatic N) is 2. The van der Waals surface area contributed by atoms with Crippen LogP contribution in [0.2, 0.25) is 0 Å². The molecule has 0 bridgehead atoms. The Morgan fingerprint density at radius 3 is 2.08 bits per heavy atom. The van der Waals surface area contributed by atoms with Crippen molar-refractivity contribution in [1.29, 1.82) is 0 Å². The molecule has 0 N–H and O–H groups in total. The molecule has 0 unspecified atom stereocenters. The van der Waals surface area contributed by atoms with Gasteiger partial charge in [-0.05, 0) is 37.3 Å². The van der Waals surface area contributed by atoms with Gasteiger partial charge < -0.3 is 19.1 Å². The van der Waals surface area contributed by atoms with Crippen molar-refractivity contribution in [2.75, 3.05) is 52.4 Å². The highest BCUT2D eigenvalue weighted by Crippen LogP contribution is 2.32. The zero-order valence-corrected chi connectivity index (χ0v) is 16.1. The average molecular weight is 356 g/mol. The Morgan fingerprint density at radius 2 is 1.50 bits per heavy atom. The van der Waals surface area contributed by atoms with E-state index in [9.17, 15) is 0 Å². The third-order valence-corrected chi connectivity index (χ3v) is 5.07. The summed E-state index contributed by atoms with van der Waals surface area (Å²) >= 11 is 0. The second kappa shape index (κ2) is 8.32. The van der Waals surface area contributed by atoms with Crippen LogP contribution in [-0.2, 0) is 6.54 Å². The number of piperazine rings is 1. The summed E-state index contributed by atoms with van der Waals surface area (Å²) in [6, 6.07) is 12.4. The van der Waals surface area contributed by atoms with Crippen molar-refractivity contribution in [3.05, 3.63) is 47.5 Å². The quantitative estimate of drug-likeness (QED) is 0.793. The Bertz CT molecular complexity index is 723. The van der Waals surface area contributed by atoms with Crippen LogP contribution in [0.5, 0.6) is 17.2 Å². The van der Waals surface area contributed by atoms with Crippen molar-refractivity contribution >= 4 is 5.69 Å². The molecule has 2 aromatic rings. The molecule has 0 amide bonds. The molecule has 1 saturated heterocycles. The fourth-order valence-electron chi connectivity index (χ4n) is 3.56. The molecule has 1 heterocycles. The summed E-state index contributed by atoms with van der Waals surface area (Å²) in [7, 11) is 5.12. The lowest BCUT2D eigenvalue weighted by Gasteiger charge is -2.36. The summed E-state index contributed by atoms with van der Waals surface area (Å²) < 4.78 is 16.3. The first-order chi connectivity index (χ1) is 12.7. The summed E-state index contributed by atoms with van der Waals surface area (Å²) in [5, 5.41) is 0. The Morgan fingerprint density at radius 1 is 0.808 bits per heavy atom. The minimum atomic E-state index is 0.870. The van der Waals surface area contributed by atoms with E-state index in [2.05, 4.69) is 28.0 Å². The standard InChI is InChI=1S/C21H28N2O3/c1-16-20(25-3)10-5-17(21(16)26-4)15-22-11-13-23(14-12-22)18-6-8-19(24-2)9-7-18/h5-10H,11-15H2,1-4H3. The average Bonchev–Trinajstić information content (AvgIpc) is 2.69. The number of anilines is 1. The maximum absolute atomic E-state index is 5.64. The zero-order chi connectivity index (χ0) is 18.5. The molecule has 2 aromatic carbocycles. The molecule has 5 nitrogen and oxygen atoms in total. The second-order valence-corrected chi connectivity index (χ2v) is 6.55. The van der Waals surface area contributed by atoms with E-state index in [1.54, 1.807) is 21.3 Å². The first kappa shape index (κ1) is 18.4. The predicted octanol–water partition coefficient (Wildman–Crippen LogP) is 3.34. The lowest BCUT2D eigenvalue weighted by molar-refractivity contribution is 0.245. The first-order valence-corrected chi connectivity index (χ1v) is 8.98. The van der Waals surface area contributed by atoms with Gasteiger partial charge in [0, 0.05) is 49.5 Å². The minimum absolute atomic E-state index is 0.870. The number of hydrogen-bond acceptors (Lipinski definition) is 5. The molecule has 140 valence electrons. The summed E-state index contributed by atoms with van der Waals surface area (Å²) in [5.74, 6) is 2.70. The van der Waals surface area contributed by atoms with Crippen molar-refractivity contribution in [1.82, 2.24) is 4.90 Å². The fraction of sp³-hybridized carbons (Fsp3) is 0.429. The van der Waals surface area contributed by atoms with E-state index in [0.717, 1.165) is 55.5 Å². The summed E-state index contributed by atoms with van der Waals surface area (Å²) in [5.41, 5.74) is 3.52. The van der Waals surface area contributed by atoms with Crippen LogP contribution in [0.15, 0.2) is 36.4 Å². The van der Waals surface area contributed by atoms with Crippen molar-refractivity contribution in [2.24, 2.45) is 0 Å². The number of benzene rings is 2. The third kappa shape index (κ3) is 3.88. The van der Waals surface area contributed by atoms with E-state index in [1.807, 2.05) is 25.1 Å². The predicted molar refractivity (Wildman–Crippen MR) is 105 cm³/mol. The molecule has 26 heavy (non-hydrogen) atoms. The maximum Gasteiger partial charge on any atom is 0.129 e. The van der Waals surface area contributed by atoms with E-state index in [0.29, 0.717) is 0 Å². The summed E-state index contributed by atoms with van der Waals surface area (Å²) in [6.07, 6.45) is 0. The Kier molecular flexibility index (Phi) is 5.89. The lowest BCUT2D eigenvalue weighted by Crippen LogP contribution is -2.46. The van der Waals surface area contributed by atoms with Crippen LogP contribution in [0, 0.1) is 6.92 Å². The third-order valence-electron chi connectivity index (χ3n) is 5.07. The topological polar surface area (TPSA) is 34.2 Å². The van der Waals surface area contributed by atoms with Crippen LogP contribution in [0.1, 0.15) is 11.1 Å². The molecular weight excluding hydrogens is 328 g/mol. The molecule has 0 radical (unpaired) electrons. The van der Waals surface area contributed by atoms with Gasteiger partial charge in [-0.25, -0.2) is 0 Å². The first-order valence-electron chi connectivity index (χ1n) is 8.98. The molecule has 1 fully saturated rings. The summed E-state index contributed by atoms with van der Waals surface area (Å²) in [4.78, 5) is 4.90. The van der Waals surface area contributed by atoms with Gasteiger partial charge in [0.1, 0.15) is 17.2 Å². The maximum atomic E-state index is 5.64. The monoisotopic (exact) mass is 356 g/mol. The van der Waals surface area contributed by atoms with Gasteiger partial charge in [0.25, 0.3) is 0 Å². The van der Waals surface area contributed by atoms with Crippen LogP contribution in [0.25, 0.3) is 0 Å². The minimum Gasteiger partial charge on any atom is -0.497 e. The van der Waals surface area contributed by atoms with Crippen molar-refractivity contribution in [3.8, 4) is 17.2 Å². The number of methoxy groups -OCH3 is 3. The van der Waals surface area contributed by atoms with Crippen molar-refractivity contribution < 1.29 is 14.2 Å². The normalized spacial score (nSPS) is 15.0. The van der Waals surface area contributed by atoms with E-state index < -0.39 is 0 Å². The van der Waals surface area contributed by atoms with E-state index >= 15 is 0 Å². The van der Waals surface area contributed by atoms with Gasteiger partial charge in [0.2, 0.25) is 0 Å². The van der Waals surface area contributed by atoms with E-state index in [4.69, 9.17) is 14.2 Å². The van der Waals surface area contributed by atoms with Crippen LogP contribution in [0.3, 0.4) is 0 Å². The molecule has 0 atom stereocenters. The van der Waals surface area contributed by atoms with Gasteiger partial charge in [0.05, 0.1) is 21.3 Å². The Hall–Kier alpha value is -2.40. The molecule has 0 saturated carbocycles. The number of hydrogen-bond donors (Lipinski definition) is 0. The van der Waals surface area contributed by atoms with Gasteiger partial charge >= 0.3 is 0 Å². The Labute approximate surface area is 156 Å². The van der Waals surface area contributed by atoms with Crippen LogP contribution in [-0.4, -0.2) is 52.4 Å². The van der Waals surface area contributed by atoms with E-state index in [1.165, 1.54) is 11.3 Å². The molecule has 0 aliphatic carbocycles. The Balaban J connectivity index is 1.63. The molecule has 0 spiro atoms. The highest BCUT2D eigenvalue weighted by Gasteiger charge is 2.20. The lowest BCUT2D eigenvalue weighted by atomic mass is 10.1. The molecule has 3 rings (SSSR count). The van der Waals surface area contributed by atoms with Gasteiger partial charge in [-0.1, -0.05) is 6.07 Å². The molecule has 1 aliphatic heterocycles. The molecular formula is C21H28N2O3. The smallest absolute Gasteiger partial charge is 0.129 e. The SMILES string of the molecule is COc1ccc(N2CCN(Cc3ccc(OC)c(C)c3OC)CC2)cc1. The van der Waals surface area contributed by atoms with Gasteiger partial charge in [0.15, 0.2) is 0 Å². The molecule has 1 aliphatic rings. The number of ether oxygens (including phenoxy) is 3. The largest absolute Gasteiger partial charge is 0.497 e. The molecule has 5 heteroatoms. The second-order valence-electron chi connectivity index (χ2n) is 6.55. The van der Waals surface area contributed by atoms with E-state index in [-0.39, 0.29) is 0 Å². The highest BCUT2D eigenvalue weighted by molar-refractivity contribution is 5.50. The van der Waals surface area contributed by atoms with Crippen molar-refractivity contribution in [2.45, 2.75) is 13.5 Å². The van der Waals surface area contributed by atoms with Crippen LogP contribution in [0.4, 0.5) is 5.69 Å². The number of rotatable bonds is 6. The van der Waals surface area contributed by atoms with Crippen molar-refractivity contribution in [3.63, 3.8) is 0 Å². The summed E-state index contributed by atoms with van der Waals surface area (Å²) in [6.45, 7) is 7.03.